The van der Waals surface area contributed by atoms with E-state index >= 15 is 0 Å². The predicted octanol–water partition coefficient (Wildman–Crippen LogP) is 2.95. The highest BCUT2D eigenvalue weighted by Gasteiger charge is 2.42. The minimum atomic E-state index is 0.266. The third-order valence-corrected chi connectivity index (χ3v) is 6.51. The maximum absolute atomic E-state index is 6.28. The summed E-state index contributed by atoms with van der Waals surface area (Å²) in [5.74, 6) is 0.864. The Morgan fingerprint density at radius 1 is 1.10 bits per heavy atom. The molecule has 1 aliphatic heterocycles. The zero-order chi connectivity index (χ0) is 15.7. The van der Waals surface area contributed by atoms with Crippen molar-refractivity contribution in [3.8, 4) is 0 Å². The van der Waals surface area contributed by atoms with E-state index < -0.39 is 0 Å². The highest BCUT2D eigenvalue weighted by Crippen LogP contribution is 2.44. The smallest absolute Gasteiger partial charge is 0.0331 e. The number of likely N-dealkylation sites (tertiary alicyclic amines) is 1. The predicted molar refractivity (Wildman–Crippen MR) is 91.5 cm³/mol. The lowest BCUT2D eigenvalue weighted by Crippen LogP contribution is -2.59. The lowest BCUT2D eigenvalue weighted by Gasteiger charge is -2.52. The minimum Gasteiger partial charge on any atom is -0.329 e. The topological polar surface area (TPSA) is 32.5 Å². The van der Waals surface area contributed by atoms with Crippen molar-refractivity contribution in [2.45, 2.75) is 70.9 Å². The van der Waals surface area contributed by atoms with Crippen LogP contribution in [0.25, 0.3) is 0 Å². The van der Waals surface area contributed by atoms with Gasteiger partial charge in [0.2, 0.25) is 0 Å². The van der Waals surface area contributed by atoms with Gasteiger partial charge in [0.05, 0.1) is 0 Å². The minimum absolute atomic E-state index is 0.266. The average molecular weight is 296 g/mol. The van der Waals surface area contributed by atoms with Crippen molar-refractivity contribution < 1.29 is 0 Å². The van der Waals surface area contributed by atoms with Crippen LogP contribution in [0.1, 0.15) is 59.3 Å². The first-order chi connectivity index (χ1) is 9.78. The van der Waals surface area contributed by atoms with E-state index in [1.54, 1.807) is 0 Å². The summed E-state index contributed by atoms with van der Waals surface area (Å²) in [6.07, 6.45) is 7.87. The normalized spacial score (nSPS) is 33.6. The molecule has 1 aliphatic carbocycles. The molecule has 2 fully saturated rings. The van der Waals surface area contributed by atoms with Gasteiger partial charge in [-0.15, -0.1) is 0 Å². The largest absolute Gasteiger partial charge is 0.329 e. The van der Waals surface area contributed by atoms with Crippen LogP contribution in [0.5, 0.6) is 0 Å². The van der Waals surface area contributed by atoms with Crippen LogP contribution < -0.4 is 5.73 Å². The molecule has 124 valence electrons. The van der Waals surface area contributed by atoms with E-state index in [4.69, 9.17) is 5.73 Å². The third-order valence-electron chi connectivity index (χ3n) is 6.51. The molecule has 3 nitrogen and oxygen atoms in total. The van der Waals surface area contributed by atoms with Crippen LogP contribution in [0.15, 0.2) is 0 Å². The third kappa shape index (κ3) is 3.80. The summed E-state index contributed by atoms with van der Waals surface area (Å²) in [4.78, 5) is 5.13. The second-order valence-electron chi connectivity index (χ2n) is 8.71. The van der Waals surface area contributed by atoms with Gasteiger partial charge in [0.15, 0.2) is 0 Å². The first-order valence-corrected chi connectivity index (χ1v) is 8.90. The monoisotopic (exact) mass is 295 g/mol. The average Bonchev–Trinajstić information content (AvgIpc) is 2.46. The molecule has 2 aliphatic rings. The Kier molecular flexibility index (Phi) is 5.38. The zero-order valence-electron chi connectivity index (χ0n) is 15.0. The van der Waals surface area contributed by atoms with Crippen LogP contribution in [0, 0.1) is 11.3 Å². The van der Waals surface area contributed by atoms with E-state index in [0.29, 0.717) is 5.41 Å². The molecule has 2 N–H and O–H groups in total. The molecule has 2 rings (SSSR count). The standard InChI is InChI=1S/C18H37N3/c1-17(2,3)15-6-10-18(14-19,11-7-15)21(5)16-8-12-20(4)13-9-16/h15-16H,6-14,19H2,1-5H3. The fraction of sp³-hybridized carbons (Fsp3) is 1.00. The molecule has 1 saturated carbocycles. The molecule has 0 aromatic rings. The summed E-state index contributed by atoms with van der Waals surface area (Å²) in [7, 11) is 4.59. The SMILES string of the molecule is CN1CCC(N(C)C2(CN)CCC(C(C)(C)C)CC2)CC1. The van der Waals surface area contributed by atoms with E-state index in [0.717, 1.165) is 18.5 Å². The summed E-state index contributed by atoms with van der Waals surface area (Å²) < 4.78 is 0. The van der Waals surface area contributed by atoms with Crippen LogP contribution in [0.4, 0.5) is 0 Å². The molecular weight excluding hydrogens is 258 g/mol. The summed E-state index contributed by atoms with van der Waals surface area (Å²) in [6.45, 7) is 10.5. The molecule has 0 amide bonds. The quantitative estimate of drug-likeness (QED) is 0.869. The lowest BCUT2D eigenvalue weighted by atomic mass is 9.66. The van der Waals surface area contributed by atoms with Crippen LogP contribution in [-0.2, 0) is 0 Å². The Morgan fingerprint density at radius 3 is 2.05 bits per heavy atom. The van der Waals surface area contributed by atoms with Crippen LogP contribution in [-0.4, -0.2) is 55.1 Å². The zero-order valence-corrected chi connectivity index (χ0v) is 15.0. The van der Waals surface area contributed by atoms with Crippen molar-refractivity contribution in [2.75, 3.05) is 33.7 Å². The van der Waals surface area contributed by atoms with Gasteiger partial charge >= 0.3 is 0 Å². The maximum Gasteiger partial charge on any atom is 0.0331 e. The summed E-state index contributed by atoms with van der Waals surface area (Å²) in [5, 5.41) is 0. The molecule has 0 aromatic heterocycles. The number of rotatable bonds is 3. The molecular formula is C18H37N3. The molecule has 0 unspecified atom stereocenters. The molecule has 0 atom stereocenters. The van der Waals surface area contributed by atoms with Crippen LogP contribution in [0.3, 0.4) is 0 Å². The Bertz CT molecular complexity index is 318. The van der Waals surface area contributed by atoms with E-state index in [1.807, 2.05) is 0 Å². The number of nitrogens with zero attached hydrogens (tertiary/aromatic N) is 2. The molecule has 0 aromatic carbocycles. The second-order valence-corrected chi connectivity index (χ2v) is 8.71. The van der Waals surface area contributed by atoms with Crippen molar-refractivity contribution in [3.05, 3.63) is 0 Å². The van der Waals surface area contributed by atoms with Gasteiger partial charge in [-0.05, 0) is 77.0 Å². The number of hydrogen-bond donors (Lipinski definition) is 1. The van der Waals surface area contributed by atoms with Gasteiger partial charge in [-0.2, -0.15) is 0 Å². The lowest BCUT2D eigenvalue weighted by molar-refractivity contribution is -0.00498. The molecule has 1 heterocycles. The Morgan fingerprint density at radius 2 is 1.62 bits per heavy atom. The highest BCUT2D eigenvalue weighted by atomic mass is 15.2. The first kappa shape index (κ1) is 17.2. The van der Waals surface area contributed by atoms with Gasteiger partial charge in [-0.3, -0.25) is 4.90 Å². The molecule has 21 heavy (non-hydrogen) atoms. The highest BCUT2D eigenvalue weighted by molar-refractivity contribution is 4.99. The van der Waals surface area contributed by atoms with Gasteiger partial charge in [0.1, 0.15) is 0 Å². The van der Waals surface area contributed by atoms with Crippen molar-refractivity contribution in [1.29, 1.82) is 0 Å². The van der Waals surface area contributed by atoms with Crippen molar-refractivity contribution in [1.82, 2.24) is 9.80 Å². The van der Waals surface area contributed by atoms with Gasteiger partial charge in [0.25, 0.3) is 0 Å². The van der Waals surface area contributed by atoms with Gasteiger partial charge < -0.3 is 10.6 Å². The molecule has 3 heteroatoms. The Hall–Kier alpha value is -0.120. The Labute approximate surface area is 132 Å². The van der Waals surface area contributed by atoms with Crippen molar-refractivity contribution in [3.63, 3.8) is 0 Å². The molecule has 0 spiro atoms. The maximum atomic E-state index is 6.28. The number of nitrogens with two attached hydrogens (primary N) is 1. The van der Waals surface area contributed by atoms with Gasteiger partial charge in [-0.1, -0.05) is 20.8 Å². The van der Waals surface area contributed by atoms with Gasteiger partial charge in [-0.25, -0.2) is 0 Å². The molecule has 0 radical (unpaired) electrons. The summed E-state index contributed by atoms with van der Waals surface area (Å²) >= 11 is 0. The summed E-state index contributed by atoms with van der Waals surface area (Å²) in [6, 6.07) is 0.732. The number of piperidine rings is 1. The number of likely N-dealkylation sites (N-methyl/N-ethyl adjacent to an activating group) is 1. The van der Waals surface area contributed by atoms with E-state index in [1.165, 1.54) is 51.6 Å². The van der Waals surface area contributed by atoms with E-state index in [2.05, 4.69) is 44.7 Å². The van der Waals surface area contributed by atoms with Crippen LogP contribution in [0.2, 0.25) is 0 Å². The Balaban J connectivity index is 1.99. The van der Waals surface area contributed by atoms with Crippen molar-refractivity contribution >= 4 is 0 Å². The fourth-order valence-electron chi connectivity index (χ4n) is 4.49. The van der Waals surface area contributed by atoms with Gasteiger partial charge in [0, 0.05) is 18.1 Å². The fourth-order valence-corrected chi connectivity index (χ4v) is 4.49. The van der Waals surface area contributed by atoms with Crippen LogP contribution >= 0.6 is 0 Å². The summed E-state index contributed by atoms with van der Waals surface area (Å²) in [5.41, 5.74) is 6.99. The van der Waals surface area contributed by atoms with E-state index in [9.17, 15) is 0 Å². The molecule has 1 saturated heterocycles. The number of hydrogen-bond acceptors (Lipinski definition) is 3. The molecule has 0 bridgehead atoms. The van der Waals surface area contributed by atoms with Crippen molar-refractivity contribution in [2.24, 2.45) is 17.1 Å². The second kappa shape index (κ2) is 6.55. The van der Waals surface area contributed by atoms with E-state index in [-0.39, 0.29) is 5.54 Å². The first-order valence-electron chi connectivity index (χ1n) is 8.90.